The van der Waals surface area contributed by atoms with E-state index in [-0.39, 0.29) is 5.25 Å². The highest BCUT2D eigenvalue weighted by Crippen LogP contribution is 2.39. The summed E-state index contributed by atoms with van der Waals surface area (Å²) in [4.78, 5) is 8.39. The standard InChI is InChI=1S/C13H19N3O4S2/c1-8(13(3,7-14)9(2)22(17)18)21-12-15-10(19-4)6-11(16-12)20-5/h6,8-9H,1-5H3,(H,17,18). The topological polar surface area (TPSA) is 105 Å². The highest BCUT2D eigenvalue weighted by Gasteiger charge is 2.41. The predicted octanol–water partition coefficient (Wildman–Crippen LogP) is 2.11. The molecule has 0 radical (unpaired) electrons. The fraction of sp³-hybridized carbons (Fsp3) is 0.615. The Morgan fingerprint density at radius 1 is 1.36 bits per heavy atom. The molecule has 9 heteroatoms. The summed E-state index contributed by atoms with van der Waals surface area (Å²) in [6.45, 7) is 5.02. The van der Waals surface area contributed by atoms with Crippen LogP contribution in [0.3, 0.4) is 0 Å². The van der Waals surface area contributed by atoms with E-state index in [4.69, 9.17) is 9.47 Å². The van der Waals surface area contributed by atoms with Gasteiger partial charge in [0.1, 0.15) is 0 Å². The van der Waals surface area contributed by atoms with Crippen molar-refractivity contribution < 1.29 is 18.2 Å². The number of aromatic nitrogens is 2. The van der Waals surface area contributed by atoms with Crippen LogP contribution in [0.5, 0.6) is 11.8 Å². The third-order valence-corrected chi connectivity index (χ3v) is 5.92. The molecule has 0 aromatic carbocycles. The lowest BCUT2D eigenvalue weighted by molar-refractivity contribution is 0.363. The van der Waals surface area contributed by atoms with E-state index in [0.29, 0.717) is 16.9 Å². The Morgan fingerprint density at radius 3 is 2.23 bits per heavy atom. The van der Waals surface area contributed by atoms with Gasteiger partial charge in [-0.1, -0.05) is 18.7 Å². The lowest BCUT2D eigenvalue weighted by Crippen LogP contribution is -2.39. The maximum absolute atomic E-state index is 11.3. The van der Waals surface area contributed by atoms with Gasteiger partial charge in [-0.3, -0.25) is 0 Å². The summed E-state index contributed by atoms with van der Waals surface area (Å²) in [5.74, 6) is 0.693. The zero-order chi connectivity index (χ0) is 16.9. The maximum atomic E-state index is 11.3. The van der Waals surface area contributed by atoms with Crippen molar-refractivity contribution >= 4 is 22.8 Å². The van der Waals surface area contributed by atoms with Gasteiger partial charge in [-0.15, -0.1) is 0 Å². The normalized spacial score (nSPS) is 17.7. The molecule has 122 valence electrons. The summed E-state index contributed by atoms with van der Waals surface area (Å²) in [5.41, 5.74) is -1.02. The first kappa shape index (κ1) is 18.7. The van der Waals surface area contributed by atoms with Gasteiger partial charge >= 0.3 is 0 Å². The van der Waals surface area contributed by atoms with Crippen molar-refractivity contribution in [3.05, 3.63) is 6.07 Å². The van der Waals surface area contributed by atoms with Gasteiger partial charge in [-0.2, -0.15) is 15.2 Å². The minimum absolute atomic E-state index is 0.319. The lowest BCUT2D eigenvalue weighted by Gasteiger charge is -2.31. The minimum Gasteiger partial charge on any atom is -0.481 e. The van der Waals surface area contributed by atoms with Gasteiger partial charge in [0.2, 0.25) is 11.8 Å². The highest BCUT2D eigenvalue weighted by molar-refractivity contribution is 7.99. The molecule has 0 fully saturated rings. The lowest BCUT2D eigenvalue weighted by atomic mass is 9.85. The van der Waals surface area contributed by atoms with Crippen LogP contribution in [0, 0.1) is 16.7 Å². The molecule has 0 saturated heterocycles. The Balaban J connectivity index is 3.07. The van der Waals surface area contributed by atoms with Crippen molar-refractivity contribution in [2.45, 2.75) is 36.4 Å². The van der Waals surface area contributed by atoms with Gasteiger partial charge in [0.15, 0.2) is 16.2 Å². The van der Waals surface area contributed by atoms with Gasteiger partial charge in [0, 0.05) is 5.25 Å². The van der Waals surface area contributed by atoms with E-state index in [1.165, 1.54) is 26.0 Å². The molecular formula is C13H19N3O4S2. The van der Waals surface area contributed by atoms with E-state index in [2.05, 4.69) is 16.0 Å². The number of hydrogen-bond donors (Lipinski definition) is 1. The molecule has 4 unspecified atom stereocenters. The molecule has 22 heavy (non-hydrogen) atoms. The number of methoxy groups -OCH3 is 2. The second-order valence-electron chi connectivity index (χ2n) is 4.81. The zero-order valence-corrected chi connectivity index (χ0v) is 14.7. The molecule has 1 aromatic rings. The van der Waals surface area contributed by atoms with Crippen molar-refractivity contribution in [2.75, 3.05) is 14.2 Å². The molecule has 0 amide bonds. The summed E-state index contributed by atoms with van der Waals surface area (Å²) >= 11 is -0.867. The van der Waals surface area contributed by atoms with Crippen molar-refractivity contribution in [2.24, 2.45) is 5.41 Å². The van der Waals surface area contributed by atoms with Crippen molar-refractivity contribution in [1.29, 1.82) is 5.26 Å². The van der Waals surface area contributed by atoms with Crippen LogP contribution in [0.15, 0.2) is 11.2 Å². The van der Waals surface area contributed by atoms with Gasteiger partial charge in [-0.25, -0.2) is 4.21 Å². The molecule has 0 bridgehead atoms. The Kier molecular flexibility index (Phi) is 6.59. The monoisotopic (exact) mass is 345 g/mol. The summed E-state index contributed by atoms with van der Waals surface area (Å²) in [5, 5.41) is 8.80. The summed E-state index contributed by atoms with van der Waals surface area (Å²) in [6.07, 6.45) is 0. The van der Waals surface area contributed by atoms with Crippen molar-refractivity contribution in [3.63, 3.8) is 0 Å². The minimum atomic E-state index is -2.10. The smallest absolute Gasteiger partial charge is 0.220 e. The van der Waals surface area contributed by atoms with E-state index >= 15 is 0 Å². The van der Waals surface area contributed by atoms with Crippen LogP contribution in [-0.4, -0.2) is 43.4 Å². The van der Waals surface area contributed by atoms with Crippen LogP contribution in [0.1, 0.15) is 20.8 Å². The van der Waals surface area contributed by atoms with Crippen molar-refractivity contribution in [3.8, 4) is 17.8 Å². The molecule has 0 saturated carbocycles. The second kappa shape index (κ2) is 7.76. The molecule has 0 aliphatic rings. The average molecular weight is 345 g/mol. The van der Waals surface area contributed by atoms with Crippen LogP contribution >= 0.6 is 11.8 Å². The van der Waals surface area contributed by atoms with E-state index < -0.39 is 21.7 Å². The SMILES string of the molecule is COc1cc(OC)nc(SC(C)C(C)(C#N)C(C)S(=O)O)n1. The first-order valence-corrected chi connectivity index (χ1v) is 8.48. The molecule has 1 rings (SSSR count). The molecule has 1 heterocycles. The Labute approximate surface area is 136 Å². The number of thioether (sulfide) groups is 1. The molecular weight excluding hydrogens is 326 g/mol. The molecule has 0 spiro atoms. The largest absolute Gasteiger partial charge is 0.481 e. The number of ether oxygens (including phenoxy) is 2. The van der Waals surface area contributed by atoms with E-state index in [1.807, 2.05) is 0 Å². The van der Waals surface area contributed by atoms with Crippen LogP contribution in [0.4, 0.5) is 0 Å². The number of rotatable bonds is 7. The average Bonchev–Trinajstić information content (AvgIpc) is 2.52. The van der Waals surface area contributed by atoms with E-state index in [1.54, 1.807) is 26.8 Å². The molecule has 1 N–H and O–H groups in total. The van der Waals surface area contributed by atoms with Crippen molar-refractivity contribution in [1.82, 2.24) is 9.97 Å². The van der Waals surface area contributed by atoms with E-state index in [9.17, 15) is 14.0 Å². The fourth-order valence-electron chi connectivity index (χ4n) is 1.65. The summed E-state index contributed by atoms with van der Waals surface area (Å²) in [6, 6.07) is 3.69. The van der Waals surface area contributed by atoms with Crippen LogP contribution < -0.4 is 9.47 Å². The second-order valence-corrected chi connectivity index (χ2v) is 7.38. The predicted molar refractivity (Wildman–Crippen MR) is 84.4 cm³/mol. The van der Waals surface area contributed by atoms with Crippen LogP contribution in [0.25, 0.3) is 0 Å². The van der Waals surface area contributed by atoms with Crippen LogP contribution in [-0.2, 0) is 11.1 Å². The van der Waals surface area contributed by atoms with E-state index in [0.717, 1.165) is 0 Å². The van der Waals surface area contributed by atoms with Gasteiger partial charge in [-0.05, 0) is 13.8 Å². The number of hydrogen-bond acceptors (Lipinski definition) is 7. The van der Waals surface area contributed by atoms with Gasteiger partial charge in [0.05, 0.1) is 37.0 Å². The molecule has 0 aliphatic carbocycles. The maximum Gasteiger partial charge on any atom is 0.220 e. The van der Waals surface area contributed by atoms with Gasteiger partial charge in [0.25, 0.3) is 0 Å². The third-order valence-electron chi connectivity index (χ3n) is 3.59. The van der Waals surface area contributed by atoms with Crippen LogP contribution in [0.2, 0.25) is 0 Å². The fourth-order valence-corrected chi connectivity index (χ4v) is 3.51. The third kappa shape index (κ3) is 4.09. The molecule has 0 aliphatic heterocycles. The molecule has 1 aromatic heterocycles. The number of nitriles is 1. The van der Waals surface area contributed by atoms with Gasteiger partial charge < -0.3 is 14.0 Å². The first-order valence-electron chi connectivity index (χ1n) is 6.43. The summed E-state index contributed by atoms with van der Waals surface area (Å²) in [7, 11) is 2.96. The molecule has 4 atom stereocenters. The zero-order valence-electron chi connectivity index (χ0n) is 13.1. The molecule has 7 nitrogen and oxygen atoms in total. The quantitative estimate of drug-likeness (QED) is 0.455. The Morgan fingerprint density at radius 2 is 1.86 bits per heavy atom. The Bertz CT molecular complexity index is 571. The summed E-state index contributed by atoms with van der Waals surface area (Å²) < 4.78 is 30.8. The first-order chi connectivity index (χ1) is 10.3. The number of nitrogens with zero attached hydrogens (tertiary/aromatic N) is 3. The highest BCUT2D eigenvalue weighted by atomic mass is 32.2. The Hall–Kier alpha value is -1.37.